The number of carboxylic acids is 1. The molecule has 3 aromatic rings. The van der Waals surface area contributed by atoms with Crippen LogP contribution in [0.1, 0.15) is 37.7 Å². The van der Waals surface area contributed by atoms with E-state index in [0.717, 1.165) is 33.9 Å². The summed E-state index contributed by atoms with van der Waals surface area (Å²) < 4.78 is 16.8. The maximum atomic E-state index is 12.8. The number of aromatic carboxylic acids is 1. The maximum absolute atomic E-state index is 12.8. The highest BCUT2D eigenvalue weighted by Gasteiger charge is 2.27. The standard InChI is InChI=1S/C30H34N2O6S3/c1-36-15-16-37-22-38-26(20-25-4-2-3-23(19-25)5-6-24-11-17-39-21-24)9-12-31-14-18-40-30(35)32(31)13-10-27-7-8-28(41-27)29(33)34/h2-4,7-8,11,17,19,21,26H,9-10,12-16,18,20,22H2,1H3,(H,33,34). The summed E-state index contributed by atoms with van der Waals surface area (Å²) >= 11 is 4.20. The molecule has 41 heavy (non-hydrogen) atoms. The number of hydrogen-bond donors (Lipinski definition) is 1. The number of methoxy groups -OCH3 is 1. The second-order valence-electron chi connectivity index (χ2n) is 9.28. The highest BCUT2D eigenvalue weighted by molar-refractivity contribution is 8.13. The first-order valence-electron chi connectivity index (χ1n) is 13.3. The van der Waals surface area contributed by atoms with Gasteiger partial charge in [-0.1, -0.05) is 35.7 Å². The lowest BCUT2D eigenvalue weighted by atomic mass is 10.0. The molecule has 1 saturated heterocycles. The lowest BCUT2D eigenvalue weighted by Gasteiger charge is -2.38. The summed E-state index contributed by atoms with van der Waals surface area (Å²) in [5, 5.41) is 17.2. The van der Waals surface area contributed by atoms with Crippen molar-refractivity contribution < 1.29 is 28.9 Å². The first-order valence-corrected chi connectivity index (χ1v) is 16.1. The zero-order valence-corrected chi connectivity index (χ0v) is 25.4. The molecule has 2 aromatic heterocycles. The molecule has 1 aliphatic rings. The third-order valence-corrected chi connectivity index (χ3v) is 9.02. The fourth-order valence-corrected chi connectivity index (χ4v) is 6.51. The Morgan fingerprint density at radius 1 is 1.12 bits per heavy atom. The molecule has 0 saturated carbocycles. The van der Waals surface area contributed by atoms with Gasteiger partial charge in [-0.3, -0.25) is 9.80 Å². The van der Waals surface area contributed by atoms with Crippen LogP contribution in [0.15, 0.2) is 53.2 Å². The molecule has 11 heteroatoms. The van der Waals surface area contributed by atoms with Crippen LogP contribution in [0.2, 0.25) is 0 Å². The molecule has 0 spiro atoms. The molecule has 218 valence electrons. The van der Waals surface area contributed by atoms with Gasteiger partial charge in [0.25, 0.3) is 5.24 Å². The van der Waals surface area contributed by atoms with Crippen molar-refractivity contribution in [2.45, 2.75) is 25.4 Å². The molecule has 1 N–H and O–H groups in total. The summed E-state index contributed by atoms with van der Waals surface area (Å²) in [6.45, 7) is 3.02. The van der Waals surface area contributed by atoms with Gasteiger partial charge >= 0.3 is 5.97 Å². The minimum absolute atomic E-state index is 0.0172. The van der Waals surface area contributed by atoms with Crippen LogP contribution >= 0.6 is 34.4 Å². The number of carbonyl (C=O) groups excluding carboxylic acids is 1. The number of ether oxygens (including phenoxy) is 3. The smallest absolute Gasteiger partial charge is 0.345 e. The highest BCUT2D eigenvalue weighted by atomic mass is 32.2. The first-order chi connectivity index (χ1) is 20.0. The summed E-state index contributed by atoms with van der Waals surface area (Å²) in [6.07, 6.45) is 1.87. The van der Waals surface area contributed by atoms with Crippen LogP contribution < -0.4 is 0 Å². The lowest BCUT2D eigenvalue weighted by Crippen LogP contribution is -2.51. The minimum atomic E-state index is -0.926. The Kier molecular flexibility index (Phi) is 12.7. The number of nitrogens with zero attached hydrogens (tertiary/aromatic N) is 2. The van der Waals surface area contributed by atoms with Crippen molar-refractivity contribution in [3.05, 3.63) is 79.7 Å². The van der Waals surface area contributed by atoms with E-state index in [0.29, 0.717) is 50.4 Å². The molecule has 1 aliphatic heterocycles. The average Bonchev–Trinajstić information content (AvgIpc) is 3.67. The van der Waals surface area contributed by atoms with E-state index in [4.69, 9.17) is 14.2 Å². The van der Waals surface area contributed by atoms with Gasteiger partial charge in [0.05, 0.1) is 19.3 Å². The Hall–Kier alpha value is -2.69. The van der Waals surface area contributed by atoms with E-state index in [1.807, 2.05) is 35.0 Å². The highest BCUT2D eigenvalue weighted by Crippen LogP contribution is 2.23. The number of thioether (sulfide) groups is 1. The van der Waals surface area contributed by atoms with Gasteiger partial charge in [0.2, 0.25) is 0 Å². The van der Waals surface area contributed by atoms with Crippen molar-refractivity contribution in [2.24, 2.45) is 0 Å². The van der Waals surface area contributed by atoms with Crippen molar-refractivity contribution in [3.8, 4) is 11.8 Å². The summed E-state index contributed by atoms with van der Waals surface area (Å²) in [5.41, 5.74) is 3.08. The Labute approximate surface area is 253 Å². The van der Waals surface area contributed by atoms with Crippen LogP contribution in [0.3, 0.4) is 0 Å². The van der Waals surface area contributed by atoms with E-state index in [1.165, 1.54) is 23.1 Å². The van der Waals surface area contributed by atoms with Crippen LogP contribution in [0.4, 0.5) is 4.79 Å². The molecule has 1 unspecified atom stereocenters. The van der Waals surface area contributed by atoms with E-state index in [9.17, 15) is 14.7 Å². The van der Waals surface area contributed by atoms with Gasteiger partial charge in [0, 0.05) is 60.3 Å². The number of rotatable bonds is 15. The minimum Gasteiger partial charge on any atom is -0.477 e. The van der Waals surface area contributed by atoms with Gasteiger partial charge < -0.3 is 19.3 Å². The molecule has 1 amide bonds. The van der Waals surface area contributed by atoms with Crippen molar-refractivity contribution >= 4 is 45.6 Å². The fourth-order valence-electron chi connectivity index (χ4n) is 4.26. The predicted octanol–water partition coefficient (Wildman–Crippen LogP) is 5.47. The predicted molar refractivity (Wildman–Crippen MR) is 164 cm³/mol. The van der Waals surface area contributed by atoms with Crippen LogP contribution in [0.5, 0.6) is 0 Å². The molecular formula is C30H34N2O6S3. The number of thiophene rings is 2. The van der Waals surface area contributed by atoms with Crippen molar-refractivity contribution in [3.63, 3.8) is 0 Å². The van der Waals surface area contributed by atoms with Crippen LogP contribution in [-0.4, -0.2) is 84.9 Å². The van der Waals surface area contributed by atoms with Gasteiger partial charge in [-0.2, -0.15) is 11.3 Å². The largest absolute Gasteiger partial charge is 0.477 e. The molecule has 4 rings (SSSR count). The van der Waals surface area contributed by atoms with E-state index < -0.39 is 5.97 Å². The monoisotopic (exact) mass is 614 g/mol. The molecule has 1 aromatic carbocycles. The van der Waals surface area contributed by atoms with Gasteiger partial charge in [0.1, 0.15) is 11.7 Å². The molecule has 0 bridgehead atoms. The third-order valence-electron chi connectivity index (χ3n) is 6.36. The zero-order chi connectivity index (χ0) is 28.9. The number of hydrogen-bond acceptors (Lipinski definition) is 9. The number of benzene rings is 1. The summed E-state index contributed by atoms with van der Waals surface area (Å²) in [4.78, 5) is 25.3. The van der Waals surface area contributed by atoms with E-state index in [1.54, 1.807) is 29.5 Å². The van der Waals surface area contributed by atoms with Crippen molar-refractivity contribution in [1.82, 2.24) is 10.0 Å². The van der Waals surface area contributed by atoms with Gasteiger partial charge in [-0.05, 0) is 54.1 Å². The Morgan fingerprint density at radius 2 is 2.00 bits per heavy atom. The molecule has 8 nitrogen and oxygen atoms in total. The summed E-state index contributed by atoms with van der Waals surface area (Å²) in [7, 11) is 1.63. The fraction of sp³-hybridized carbons (Fsp3) is 0.400. The molecule has 1 fully saturated rings. The molecule has 0 aliphatic carbocycles. The van der Waals surface area contributed by atoms with Gasteiger partial charge in [-0.15, -0.1) is 11.3 Å². The van der Waals surface area contributed by atoms with E-state index in [-0.39, 0.29) is 18.1 Å². The SMILES string of the molecule is COCCOCOC(CCN1CCSC(=O)N1CCc1ccc(C(=O)O)s1)Cc1cccc(C#Cc2ccsc2)c1. The average molecular weight is 615 g/mol. The van der Waals surface area contributed by atoms with Crippen LogP contribution in [0.25, 0.3) is 0 Å². The zero-order valence-electron chi connectivity index (χ0n) is 23.0. The number of amides is 1. The van der Waals surface area contributed by atoms with Gasteiger partial charge in [-0.25, -0.2) is 9.80 Å². The normalized spacial score (nSPS) is 14.6. The molecule has 1 atom stereocenters. The third kappa shape index (κ3) is 10.3. The number of hydrazine groups is 1. The van der Waals surface area contributed by atoms with E-state index in [2.05, 4.69) is 29.0 Å². The topological polar surface area (TPSA) is 88.5 Å². The molecular weight excluding hydrogens is 581 g/mol. The molecule has 0 radical (unpaired) electrons. The Bertz CT molecular complexity index is 1320. The first kappa shape index (κ1) is 31.3. The van der Waals surface area contributed by atoms with Crippen LogP contribution in [-0.2, 0) is 27.1 Å². The van der Waals surface area contributed by atoms with Crippen molar-refractivity contribution in [1.29, 1.82) is 0 Å². The van der Waals surface area contributed by atoms with Crippen LogP contribution in [0, 0.1) is 11.8 Å². The van der Waals surface area contributed by atoms with E-state index >= 15 is 0 Å². The second-order valence-corrected chi connectivity index (χ2v) is 12.3. The summed E-state index contributed by atoms with van der Waals surface area (Å²) in [6, 6.07) is 13.7. The maximum Gasteiger partial charge on any atom is 0.345 e. The number of carboxylic acid groups (broad SMARTS) is 1. The lowest BCUT2D eigenvalue weighted by molar-refractivity contribution is -0.104. The Morgan fingerprint density at radius 3 is 2.78 bits per heavy atom. The second kappa shape index (κ2) is 16.7. The molecule has 3 heterocycles. The Balaban J connectivity index is 1.38. The quantitative estimate of drug-likeness (QED) is 0.137. The number of carbonyl (C=O) groups is 2. The summed E-state index contributed by atoms with van der Waals surface area (Å²) in [5.74, 6) is 6.26. The van der Waals surface area contributed by atoms with Gasteiger partial charge in [0.15, 0.2) is 0 Å². The van der Waals surface area contributed by atoms with Crippen molar-refractivity contribution in [2.75, 3.05) is 52.5 Å².